The predicted octanol–water partition coefficient (Wildman–Crippen LogP) is 0.800. The quantitative estimate of drug-likeness (QED) is 0.705. The molecule has 0 aliphatic carbocycles. The molecule has 0 atom stereocenters. The second-order valence-electron chi connectivity index (χ2n) is 4.92. The molecule has 0 rings (SSSR count). The maximum Gasteiger partial charge on any atom is 0.216 e. The van der Waals surface area contributed by atoms with E-state index in [-0.39, 0.29) is 18.5 Å². The fraction of sp³-hybridized carbons (Fsp3) is 1.00. The highest BCUT2D eigenvalue weighted by atomic mass is 32.2. The molecule has 17 heavy (non-hydrogen) atoms. The zero-order chi connectivity index (χ0) is 13.7. The summed E-state index contributed by atoms with van der Waals surface area (Å²) in [5.74, 6) is 0.00243. The molecular formula is C11H26N2O3S. The molecule has 0 radical (unpaired) electrons. The summed E-state index contributed by atoms with van der Waals surface area (Å²) in [6.45, 7) is 10.2. The van der Waals surface area contributed by atoms with Gasteiger partial charge in [0.25, 0.3) is 0 Å². The van der Waals surface area contributed by atoms with Crippen LogP contribution in [0.3, 0.4) is 0 Å². The molecular weight excluding hydrogens is 240 g/mol. The maximum atomic E-state index is 12.1. The zero-order valence-electron chi connectivity index (χ0n) is 11.6. The van der Waals surface area contributed by atoms with Gasteiger partial charge in [-0.1, -0.05) is 6.92 Å². The lowest BCUT2D eigenvalue weighted by atomic mass is 10.1. The molecule has 0 aliphatic heterocycles. The third kappa shape index (κ3) is 5.33. The highest BCUT2D eigenvalue weighted by molar-refractivity contribution is 7.89. The third-order valence-corrected chi connectivity index (χ3v) is 4.70. The van der Waals surface area contributed by atoms with Crippen molar-refractivity contribution in [2.45, 2.75) is 46.3 Å². The fourth-order valence-corrected chi connectivity index (χ4v) is 3.35. The van der Waals surface area contributed by atoms with Gasteiger partial charge in [-0.3, -0.25) is 0 Å². The van der Waals surface area contributed by atoms with Crippen LogP contribution in [0, 0.1) is 0 Å². The molecule has 0 heterocycles. The van der Waals surface area contributed by atoms with E-state index >= 15 is 0 Å². The Kier molecular flexibility index (Phi) is 6.61. The number of nitrogens with zero attached hydrogens (tertiary/aromatic N) is 1. The normalized spacial score (nSPS) is 13.6. The van der Waals surface area contributed by atoms with Gasteiger partial charge < -0.3 is 10.5 Å². The molecule has 0 aliphatic rings. The molecule has 0 saturated carbocycles. The minimum absolute atomic E-state index is 0.00243. The topological polar surface area (TPSA) is 72.6 Å². The molecule has 0 aromatic heterocycles. The van der Waals surface area contributed by atoms with Crippen LogP contribution in [-0.4, -0.2) is 49.8 Å². The van der Waals surface area contributed by atoms with E-state index in [0.717, 1.165) is 0 Å². The molecule has 0 bridgehead atoms. The first-order valence-electron chi connectivity index (χ1n) is 5.99. The number of hydrogen-bond acceptors (Lipinski definition) is 4. The molecule has 0 amide bonds. The SMILES string of the molecule is CCN(C(C)(C)CN)S(=O)(=O)CCOC(C)C. The fourth-order valence-electron chi connectivity index (χ4n) is 1.60. The van der Waals surface area contributed by atoms with E-state index < -0.39 is 15.6 Å². The van der Waals surface area contributed by atoms with Crippen LogP contribution in [0.1, 0.15) is 34.6 Å². The minimum Gasteiger partial charge on any atom is -0.378 e. The highest BCUT2D eigenvalue weighted by Gasteiger charge is 2.33. The van der Waals surface area contributed by atoms with E-state index in [4.69, 9.17) is 10.5 Å². The van der Waals surface area contributed by atoms with Crippen LogP contribution in [0.2, 0.25) is 0 Å². The third-order valence-electron chi connectivity index (χ3n) is 2.59. The molecule has 0 unspecified atom stereocenters. The number of hydrogen-bond donors (Lipinski definition) is 1. The minimum atomic E-state index is -3.31. The first kappa shape index (κ1) is 16.8. The van der Waals surface area contributed by atoms with Crippen molar-refractivity contribution < 1.29 is 13.2 Å². The lowest BCUT2D eigenvalue weighted by Crippen LogP contribution is -2.53. The van der Waals surface area contributed by atoms with E-state index in [1.54, 1.807) is 0 Å². The highest BCUT2D eigenvalue weighted by Crippen LogP contribution is 2.17. The molecule has 0 aromatic carbocycles. The summed E-state index contributed by atoms with van der Waals surface area (Å²) in [5, 5.41) is 0. The van der Waals surface area contributed by atoms with Crippen molar-refractivity contribution in [2.24, 2.45) is 5.73 Å². The van der Waals surface area contributed by atoms with Crippen molar-refractivity contribution in [1.29, 1.82) is 0 Å². The number of rotatable bonds is 8. The maximum absolute atomic E-state index is 12.1. The molecule has 104 valence electrons. The van der Waals surface area contributed by atoms with Gasteiger partial charge in [-0.05, 0) is 27.7 Å². The Morgan fingerprint density at radius 1 is 1.35 bits per heavy atom. The van der Waals surface area contributed by atoms with Crippen molar-refractivity contribution in [2.75, 3.05) is 25.4 Å². The largest absolute Gasteiger partial charge is 0.378 e. The van der Waals surface area contributed by atoms with E-state index in [0.29, 0.717) is 13.1 Å². The van der Waals surface area contributed by atoms with E-state index in [1.807, 2.05) is 34.6 Å². The van der Waals surface area contributed by atoms with Crippen LogP contribution in [0.4, 0.5) is 0 Å². The predicted molar refractivity (Wildman–Crippen MR) is 70.4 cm³/mol. The summed E-state index contributed by atoms with van der Waals surface area (Å²) < 4.78 is 31.0. The average Bonchev–Trinajstić information content (AvgIpc) is 2.16. The second kappa shape index (κ2) is 6.68. The Balaban J connectivity index is 4.66. The summed E-state index contributed by atoms with van der Waals surface area (Å²) in [6, 6.07) is 0. The van der Waals surface area contributed by atoms with Crippen molar-refractivity contribution in [1.82, 2.24) is 4.31 Å². The first-order valence-corrected chi connectivity index (χ1v) is 7.60. The lowest BCUT2D eigenvalue weighted by molar-refractivity contribution is 0.0901. The average molecular weight is 266 g/mol. The zero-order valence-corrected chi connectivity index (χ0v) is 12.4. The van der Waals surface area contributed by atoms with E-state index in [1.165, 1.54) is 4.31 Å². The van der Waals surface area contributed by atoms with Gasteiger partial charge in [0.1, 0.15) is 0 Å². The number of likely N-dealkylation sites (N-methyl/N-ethyl adjacent to an activating group) is 1. The summed E-state index contributed by atoms with van der Waals surface area (Å²) in [4.78, 5) is 0. The first-order chi connectivity index (χ1) is 7.67. The number of sulfonamides is 1. The van der Waals surface area contributed by atoms with Crippen molar-refractivity contribution in [3.05, 3.63) is 0 Å². The molecule has 0 aromatic rings. The lowest BCUT2D eigenvalue weighted by Gasteiger charge is -2.35. The van der Waals surface area contributed by atoms with Crippen molar-refractivity contribution >= 4 is 10.0 Å². The molecule has 5 nitrogen and oxygen atoms in total. The van der Waals surface area contributed by atoms with Gasteiger partial charge in [-0.25, -0.2) is 8.42 Å². The van der Waals surface area contributed by atoms with Gasteiger partial charge in [0.2, 0.25) is 10.0 Å². The number of ether oxygens (including phenoxy) is 1. The van der Waals surface area contributed by atoms with Gasteiger partial charge >= 0.3 is 0 Å². The van der Waals surface area contributed by atoms with Crippen LogP contribution in [-0.2, 0) is 14.8 Å². The van der Waals surface area contributed by atoms with Gasteiger partial charge in [-0.2, -0.15) is 4.31 Å². The van der Waals surface area contributed by atoms with E-state index in [9.17, 15) is 8.42 Å². The molecule has 0 saturated heterocycles. The Labute approximate surface area is 105 Å². The molecule has 0 spiro atoms. The summed E-state index contributed by atoms with van der Waals surface area (Å²) in [7, 11) is -3.31. The van der Waals surface area contributed by atoms with Crippen molar-refractivity contribution in [3.63, 3.8) is 0 Å². The Morgan fingerprint density at radius 2 is 1.88 bits per heavy atom. The molecule has 2 N–H and O–H groups in total. The summed E-state index contributed by atoms with van der Waals surface area (Å²) in [5.41, 5.74) is 5.07. The van der Waals surface area contributed by atoms with Crippen LogP contribution >= 0.6 is 0 Å². The summed E-state index contributed by atoms with van der Waals surface area (Å²) >= 11 is 0. The van der Waals surface area contributed by atoms with Gasteiger partial charge in [0, 0.05) is 18.6 Å². The second-order valence-corrected chi connectivity index (χ2v) is 6.93. The van der Waals surface area contributed by atoms with Gasteiger partial charge in [-0.15, -0.1) is 0 Å². The van der Waals surface area contributed by atoms with E-state index in [2.05, 4.69) is 0 Å². The smallest absolute Gasteiger partial charge is 0.216 e. The molecule has 0 fully saturated rings. The van der Waals surface area contributed by atoms with Crippen LogP contribution in [0.5, 0.6) is 0 Å². The van der Waals surface area contributed by atoms with Crippen LogP contribution < -0.4 is 5.73 Å². The van der Waals surface area contributed by atoms with Crippen molar-refractivity contribution in [3.8, 4) is 0 Å². The summed E-state index contributed by atoms with van der Waals surface area (Å²) in [6.07, 6.45) is 0.0443. The standard InChI is InChI=1S/C11H26N2O3S/c1-6-13(11(4,5)9-12)17(14,15)8-7-16-10(2)3/h10H,6-9,12H2,1-5H3. The molecule has 6 heteroatoms. The Bertz CT molecular complexity index is 313. The van der Waals surface area contributed by atoms with Gasteiger partial charge in [0.05, 0.1) is 18.5 Å². The number of nitrogens with two attached hydrogens (primary N) is 1. The Hall–Kier alpha value is -0.170. The monoisotopic (exact) mass is 266 g/mol. The Morgan fingerprint density at radius 3 is 2.24 bits per heavy atom. The van der Waals surface area contributed by atoms with Crippen LogP contribution in [0.25, 0.3) is 0 Å². The van der Waals surface area contributed by atoms with Crippen LogP contribution in [0.15, 0.2) is 0 Å². The van der Waals surface area contributed by atoms with Gasteiger partial charge in [0.15, 0.2) is 0 Å².